The molecule has 0 heterocycles. The molecule has 0 aliphatic carbocycles. The number of benzene rings is 1. The molecule has 6 heteroatoms. The highest BCUT2D eigenvalue weighted by atomic mass is 16.5. The van der Waals surface area contributed by atoms with Crippen molar-refractivity contribution in [2.24, 2.45) is 0 Å². The van der Waals surface area contributed by atoms with E-state index in [4.69, 9.17) is 15.2 Å². The number of hydrogen-bond donors (Lipinski definition) is 2. The van der Waals surface area contributed by atoms with Crippen LogP contribution in [0.5, 0.6) is 5.75 Å². The van der Waals surface area contributed by atoms with Crippen molar-refractivity contribution >= 4 is 17.6 Å². The van der Waals surface area contributed by atoms with E-state index in [-0.39, 0.29) is 29.3 Å². The molecule has 0 atom stereocenters. The van der Waals surface area contributed by atoms with Crippen molar-refractivity contribution in [3.8, 4) is 5.75 Å². The fourth-order valence-corrected chi connectivity index (χ4v) is 1.56. The van der Waals surface area contributed by atoms with Crippen LogP contribution in [0.3, 0.4) is 0 Å². The third-order valence-corrected chi connectivity index (χ3v) is 2.35. The number of methoxy groups -OCH3 is 1. The average molecular weight is 280 g/mol. The van der Waals surface area contributed by atoms with Crippen LogP contribution >= 0.6 is 0 Å². The number of para-hydroxylation sites is 1. The van der Waals surface area contributed by atoms with Gasteiger partial charge in [0.05, 0.1) is 18.4 Å². The van der Waals surface area contributed by atoms with Crippen molar-refractivity contribution < 1.29 is 19.1 Å². The fourth-order valence-electron chi connectivity index (χ4n) is 1.56. The lowest BCUT2D eigenvalue weighted by molar-refractivity contribution is -0.125. The Labute approximate surface area is 118 Å². The predicted molar refractivity (Wildman–Crippen MR) is 75.6 cm³/mol. The van der Waals surface area contributed by atoms with Gasteiger partial charge in [0.1, 0.15) is 5.75 Å². The van der Waals surface area contributed by atoms with E-state index in [0.717, 1.165) is 0 Å². The van der Waals surface area contributed by atoms with Crippen molar-refractivity contribution in [3.05, 3.63) is 23.8 Å². The molecule has 0 radical (unpaired) electrons. The van der Waals surface area contributed by atoms with Crippen LogP contribution in [-0.2, 0) is 9.53 Å². The molecule has 0 aliphatic heterocycles. The number of nitrogens with two attached hydrogens (primary N) is 1. The molecular formula is C14H20N2O4. The molecule has 1 aromatic rings. The molecule has 20 heavy (non-hydrogen) atoms. The number of nitrogen functional groups attached to an aromatic ring is 1. The molecule has 0 saturated carbocycles. The maximum atomic E-state index is 11.9. The summed E-state index contributed by atoms with van der Waals surface area (Å²) in [5, 5.41) is 2.69. The van der Waals surface area contributed by atoms with Crippen molar-refractivity contribution in [2.45, 2.75) is 26.3 Å². The first-order valence-electron chi connectivity index (χ1n) is 6.15. The second kappa shape index (κ2) is 6.27. The topological polar surface area (TPSA) is 90.6 Å². The number of anilines is 1. The number of esters is 1. The number of rotatable bonds is 4. The van der Waals surface area contributed by atoms with Gasteiger partial charge in [-0.3, -0.25) is 4.79 Å². The van der Waals surface area contributed by atoms with Gasteiger partial charge in [0.2, 0.25) is 0 Å². The first-order valence-corrected chi connectivity index (χ1v) is 6.15. The number of carbonyl (C=O) groups is 2. The summed E-state index contributed by atoms with van der Waals surface area (Å²) in [7, 11) is 1.46. The van der Waals surface area contributed by atoms with E-state index in [0.29, 0.717) is 5.75 Å². The summed E-state index contributed by atoms with van der Waals surface area (Å²) < 4.78 is 9.94. The van der Waals surface area contributed by atoms with Crippen LogP contribution in [0.25, 0.3) is 0 Å². The molecule has 0 fully saturated rings. The van der Waals surface area contributed by atoms with Gasteiger partial charge in [-0.2, -0.15) is 0 Å². The summed E-state index contributed by atoms with van der Waals surface area (Å²) in [5.41, 5.74) is 5.76. The molecule has 1 amide bonds. The van der Waals surface area contributed by atoms with E-state index in [1.165, 1.54) is 13.2 Å². The fraction of sp³-hybridized carbons (Fsp3) is 0.429. The summed E-state index contributed by atoms with van der Waals surface area (Å²) in [4.78, 5) is 23.4. The van der Waals surface area contributed by atoms with Crippen LogP contribution in [0.2, 0.25) is 0 Å². The SMILES string of the molecule is COc1cccc(C(=O)OCC(=O)NC(C)(C)C)c1N. The first kappa shape index (κ1) is 15.8. The number of carbonyl (C=O) groups excluding carboxylic acids is 2. The third kappa shape index (κ3) is 4.46. The largest absolute Gasteiger partial charge is 0.495 e. The Bertz CT molecular complexity index is 506. The third-order valence-electron chi connectivity index (χ3n) is 2.35. The summed E-state index contributed by atoms with van der Waals surface area (Å²) >= 11 is 0. The minimum Gasteiger partial charge on any atom is -0.495 e. The predicted octanol–water partition coefficient (Wildman–Crippen LogP) is 1.35. The summed E-state index contributed by atoms with van der Waals surface area (Å²) in [6.07, 6.45) is 0. The van der Waals surface area contributed by atoms with Crippen LogP contribution in [0, 0.1) is 0 Å². The Kier molecular flexibility index (Phi) is 4.96. The van der Waals surface area contributed by atoms with Crippen molar-refractivity contribution in [2.75, 3.05) is 19.5 Å². The Morgan fingerprint density at radius 2 is 1.95 bits per heavy atom. The molecular weight excluding hydrogens is 260 g/mol. The van der Waals surface area contributed by atoms with Gasteiger partial charge in [0.15, 0.2) is 6.61 Å². The quantitative estimate of drug-likeness (QED) is 0.641. The highest BCUT2D eigenvalue weighted by Crippen LogP contribution is 2.25. The lowest BCUT2D eigenvalue weighted by Crippen LogP contribution is -2.42. The molecule has 3 N–H and O–H groups in total. The zero-order valence-corrected chi connectivity index (χ0v) is 12.1. The van der Waals surface area contributed by atoms with Gasteiger partial charge in [-0.05, 0) is 32.9 Å². The van der Waals surface area contributed by atoms with Crippen LogP contribution in [-0.4, -0.2) is 31.1 Å². The molecule has 0 aliphatic rings. The van der Waals surface area contributed by atoms with Gasteiger partial charge in [0.25, 0.3) is 5.91 Å². The maximum absolute atomic E-state index is 11.9. The molecule has 1 aromatic carbocycles. The first-order chi connectivity index (χ1) is 9.24. The highest BCUT2D eigenvalue weighted by Gasteiger charge is 2.18. The van der Waals surface area contributed by atoms with E-state index in [2.05, 4.69) is 5.32 Å². The molecule has 0 unspecified atom stereocenters. The second-order valence-corrected chi connectivity index (χ2v) is 5.30. The monoisotopic (exact) mass is 280 g/mol. The molecule has 1 rings (SSSR count). The molecule has 0 spiro atoms. The van der Waals surface area contributed by atoms with Gasteiger partial charge in [-0.25, -0.2) is 4.79 Å². The lowest BCUT2D eigenvalue weighted by Gasteiger charge is -2.20. The Hall–Kier alpha value is -2.24. The number of hydrogen-bond acceptors (Lipinski definition) is 5. The van der Waals surface area contributed by atoms with Crippen molar-refractivity contribution in [1.29, 1.82) is 0 Å². The maximum Gasteiger partial charge on any atom is 0.340 e. The van der Waals surface area contributed by atoms with Crippen LogP contribution in [0.1, 0.15) is 31.1 Å². The van der Waals surface area contributed by atoms with E-state index in [9.17, 15) is 9.59 Å². The Morgan fingerprint density at radius 1 is 1.30 bits per heavy atom. The van der Waals surface area contributed by atoms with Gasteiger partial charge >= 0.3 is 5.97 Å². The van der Waals surface area contributed by atoms with E-state index < -0.39 is 5.97 Å². The summed E-state index contributed by atoms with van der Waals surface area (Å²) in [5.74, 6) is -0.642. The van der Waals surface area contributed by atoms with Gasteiger partial charge in [-0.1, -0.05) is 6.07 Å². The summed E-state index contributed by atoms with van der Waals surface area (Å²) in [6.45, 7) is 5.17. The van der Waals surface area contributed by atoms with E-state index >= 15 is 0 Å². The average Bonchev–Trinajstić information content (AvgIpc) is 2.34. The van der Waals surface area contributed by atoms with Crippen LogP contribution < -0.4 is 15.8 Å². The van der Waals surface area contributed by atoms with Gasteiger partial charge < -0.3 is 20.5 Å². The van der Waals surface area contributed by atoms with E-state index in [1.807, 2.05) is 20.8 Å². The van der Waals surface area contributed by atoms with Crippen molar-refractivity contribution in [3.63, 3.8) is 0 Å². The number of nitrogens with one attached hydrogen (secondary N) is 1. The molecule has 0 aromatic heterocycles. The molecule has 6 nitrogen and oxygen atoms in total. The molecule has 0 bridgehead atoms. The second-order valence-electron chi connectivity index (χ2n) is 5.30. The van der Waals surface area contributed by atoms with Crippen LogP contribution in [0.15, 0.2) is 18.2 Å². The van der Waals surface area contributed by atoms with E-state index in [1.54, 1.807) is 12.1 Å². The van der Waals surface area contributed by atoms with Gasteiger partial charge in [0, 0.05) is 5.54 Å². The standard InChI is InChI=1S/C14H20N2O4/c1-14(2,3)16-11(17)8-20-13(18)9-6-5-7-10(19-4)12(9)15/h5-7H,8,15H2,1-4H3,(H,16,17). The summed E-state index contributed by atoms with van der Waals surface area (Å²) in [6, 6.07) is 4.78. The normalized spacial score (nSPS) is 10.8. The number of ether oxygens (including phenoxy) is 2. The smallest absolute Gasteiger partial charge is 0.340 e. The molecule has 110 valence electrons. The van der Waals surface area contributed by atoms with Crippen molar-refractivity contribution in [1.82, 2.24) is 5.32 Å². The minimum absolute atomic E-state index is 0.174. The molecule has 0 saturated heterocycles. The van der Waals surface area contributed by atoms with Gasteiger partial charge in [-0.15, -0.1) is 0 Å². The highest BCUT2D eigenvalue weighted by molar-refractivity contribution is 5.97. The zero-order valence-electron chi connectivity index (χ0n) is 12.1. The number of amides is 1. The lowest BCUT2D eigenvalue weighted by atomic mass is 10.1. The van der Waals surface area contributed by atoms with Crippen LogP contribution in [0.4, 0.5) is 5.69 Å². The zero-order chi connectivity index (χ0) is 15.3. The minimum atomic E-state index is -0.662. The Morgan fingerprint density at radius 3 is 2.50 bits per heavy atom. The Balaban J connectivity index is 2.66.